The van der Waals surface area contributed by atoms with Crippen molar-refractivity contribution >= 4 is 23.7 Å². The summed E-state index contributed by atoms with van der Waals surface area (Å²) in [4.78, 5) is 8.34. The van der Waals surface area contributed by atoms with Gasteiger partial charge in [-0.05, 0) is 57.0 Å². The maximum absolute atomic E-state index is 5.65. The van der Waals surface area contributed by atoms with Crippen LogP contribution in [0.15, 0.2) is 29.8 Å². The van der Waals surface area contributed by atoms with E-state index < -0.39 is 0 Å². The molecule has 1 unspecified atom stereocenters. The van der Waals surface area contributed by atoms with Gasteiger partial charge in [0.15, 0.2) is 0 Å². The molecule has 1 saturated heterocycles. The molecule has 1 N–H and O–H groups in total. The smallest absolute Gasteiger partial charge is 0.119 e. The minimum absolute atomic E-state index is 0. The standard InChI is InChI=1S/C19H27N3OS.ClH/c1-3-23-18-6-4-5-16(9-18)11-22(12-17-7-8-20-10-17)13-19-15(2)21-14-24-19;/h4-6,9,14,17,20H,3,7-8,10-13H2,1-2H3;1H. The van der Waals surface area contributed by atoms with Crippen molar-refractivity contribution in [2.45, 2.75) is 33.4 Å². The van der Waals surface area contributed by atoms with Crippen molar-refractivity contribution in [2.24, 2.45) is 5.92 Å². The Kier molecular flexibility index (Phi) is 8.16. The Morgan fingerprint density at radius 1 is 1.36 bits per heavy atom. The van der Waals surface area contributed by atoms with Crippen LogP contribution in [0.2, 0.25) is 0 Å². The highest BCUT2D eigenvalue weighted by Crippen LogP contribution is 2.21. The van der Waals surface area contributed by atoms with Gasteiger partial charge < -0.3 is 10.1 Å². The SMILES string of the molecule is CCOc1cccc(CN(Cc2scnc2C)CC2CCNC2)c1.Cl. The number of hydrogen-bond donors (Lipinski definition) is 1. The lowest BCUT2D eigenvalue weighted by Gasteiger charge is -2.25. The monoisotopic (exact) mass is 381 g/mol. The molecule has 2 heterocycles. The van der Waals surface area contributed by atoms with Gasteiger partial charge >= 0.3 is 0 Å². The third-order valence-electron chi connectivity index (χ3n) is 4.51. The summed E-state index contributed by atoms with van der Waals surface area (Å²) < 4.78 is 5.65. The second-order valence-corrected chi connectivity index (χ2v) is 7.41. The summed E-state index contributed by atoms with van der Waals surface area (Å²) in [5, 5.41) is 3.48. The first-order chi connectivity index (χ1) is 11.7. The molecule has 0 bridgehead atoms. The number of thiazole rings is 1. The molecule has 138 valence electrons. The van der Waals surface area contributed by atoms with E-state index >= 15 is 0 Å². The number of aromatic nitrogens is 1. The average Bonchev–Trinajstić information content (AvgIpc) is 3.21. The summed E-state index contributed by atoms with van der Waals surface area (Å²) in [6.45, 7) is 10.2. The van der Waals surface area contributed by atoms with Gasteiger partial charge in [-0.1, -0.05) is 12.1 Å². The van der Waals surface area contributed by atoms with Crippen LogP contribution in [0.4, 0.5) is 0 Å². The number of ether oxygens (including phenoxy) is 1. The average molecular weight is 382 g/mol. The van der Waals surface area contributed by atoms with E-state index in [1.807, 2.05) is 18.5 Å². The van der Waals surface area contributed by atoms with Crippen LogP contribution in [0.3, 0.4) is 0 Å². The molecule has 1 aliphatic heterocycles. The first-order valence-corrected chi connectivity index (χ1v) is 9.66. The van der Waals surface area contributed by atoms with Crippen molar-refractivity contribution in [3.63, 3.8) is 0 Å². The molecule has 1 aliphatic rings. The van der Waals surface area contributed by atoms with E-state index in [2.05, 4.69) is 40.3 Å². The predicted octanol–water partition coefficient (Wildman–Crippen LogP) is 3.88. The van der Waals surface area contributed by atoms with Crippen LogP contribution in [0.1, 0.15) is 29.5 Å². The van der Waals surface area contributed by atoms with Gasteiger partial charge in [-0.2, -0.15) is 0 Å². The van der Waals surface area contributed by atoms with Gasteiger partial charge in [-0.3, -0.25) is 4.90 Å². The molecule has 0 saturated carbocycles. The molecule has 1 atom stereocenters. The zero-order valence-corrected chi connectivity index (χ0v) is 16.7. The second-order valence-electron chi connectivity index (χ2n) is 6.47. The van der Waals surface area contributed by atoms with Gasteiger partial charge in [0.1, 0.15) is 5.75 Å². The predicted molar refractivity (Wildman–Crippen MR) is 107 cm³/mol. The quantitative estimate of drug-likeness (QED) is 0.752. The third-order valence-corrected chi connectivity index (χ3v) is 5.43. The van der Waals surface area contributed by atoms with Gasteiger partial charge in [-0.15, -0.1) is 23.7 Å². The van der Waals surface area contributed by atoms with Crippen molar-refractivity contribution in [3.8, 4) is 5.75 Å². The minimum Gasteiger partial charge on any atom is -0.494 e. The fourth-order valence-electron chi connectivity index (χ4n) is 3.26. The highest BCUT2D eigenvalue weighted by molar-refractivity contribution is 7.09. The van der Waals surface area contributed by atoms with Gasteiger partial charge in [0.25, 0.3) is 0 Å². The molecular weight excluding hydrogens is 354 g/mol. The lowest BCUT2D eigenvalue weighted by molar-refractivity contribution is 0.221. The Hall–Kier alpha value is -1.14. The number of halogens is 1. The van der Waals surface area contributed by atoms with Crippen molar-refractivity contribution in [2.75, 3.05) is 26.2 Å². The fraction of sp³-hybridized carbons (Fsp3) is 0.526. The van der Waals surface area contributed by atoms with Gasteiger partial charge in [-0.25, -0.2) is 4.98 Å². The highest BCUT2D eigenvalue weighted by atomic mass is 35.5. The molecule has 0 amide bonds. The summed E-state index contributed by atoms with van der Waals surface area (Å²) in [6.07, 6.45) is 1.27. The summed E-state index contributed by atoms with van der Waals surface area (Å²) in [7, 11) is 0. The first-order valence-electron chi connectivity index (χ1n) is 8.78. The Morgan fingerprint density at radius 2 is 2.24 bits per heavy atom. The molecule has 1 aromatic carbocycles. The number of hydrogen-bond acceptors (Lipinski definition) is 5. The summed E-state index contributed by atoms with van der Waals surface area (Å²) in [5.74, 6) is 1.71. The van der Waals surface area contributed by atoms with Crippen LogP contribution in [-0.2, 0) is 13.1 Å². The number of rotatable bonds is 8. The first kappa shape index (κ1) is 20.2. The molecule has 0 radical (unpaired) electrons. The van der Waals surface area contributed by atoms with E-state index in [1.54, 1.807) is 11.3 Å². The van der Waals surface area contributed by atoms with Crippen LogP contribution < -0.4 is 10.1 Å². The Bertz CT molecular complexity index is 643. The molecule has 3 rings (SSSR count). The summed E-state index contributed by atoms with van der Waals surface area (Å²) in [6, 6.07) is 8.49. The Labute approximate surface area is 161 Å². The number of benzene rings is 1. The van der Waals surface area contributed by atoms with Crippen molar-refractivity contribution < 1.29 is 4.74 Å². The third kappa shape index (κ3) is 5.96. The Morgan fingerprint density at radius 3 is 2.92 bits per heavy atom. The normalized spacial score (nSPS) is 16.8. The van der Waals surface area contributed by atoms with Gasteiger partial charge in [0.05, 0.1) is 17.8 Å². The topological polar surface area (TPSA) is 37.4 Å². The highest BCUT2D eigenvalue weighted by Gasteiger charge is 2.19. The van der Waals surface area contributed by atoms with Crippen LogP contribution in [0, 0.1) is 12.8 Å². The molecule has 1 fully saturated rings. The van der Waals surface area contributed by atoms with Crippen LogP contribution in [0.5, 0.6) is 5.75 Å². The van der Waals surface area contributed by atoms with Gasteiger partial charge in [0, 0.05) is 24.5 Å². The largest absolute Gasteiger partial charge is 0.494 e. The maximum Gasteiger partial charge on any atom is 0.119 e. The molecule has 4 nitrogen and oxygen atoms in total. The molecule has 2 aromatic rings. The maximum atomic E-state index is 5.65. The zero-order valence-electron chi connectivity index (χ0n) is 15.0. The lowest BCUT2D eigenvalue weighted by atomic mass is 10.1. The molecule has 0 aliphatic carbocycles. The van der Waals surface area contributed by atoms with E-state index in [0.717, 1.165) is 50.1 Å². The van der Waals surface area contributed by atoms with Crippen molar-refractivity contribution in [1.29, 1.82) is 0 Å². The lowest BCUT2D eigenvalue weighted by Crippen LogP contribution is -2.30. The van der Waals surface area contributed by atoms with E-state index in [0.29, 0.717) is 6.61 Å². The Balaban J connectivity index is 0.00000225. The number of nitrogens with zero attached hydrogens (tertiary/aromatic N) is 2. The fourth-order valence-corrected chi connectivity index (χ4v) is 4.08. The van der Waals surface area contributed by atoms with Crippen molar-refractivity contribution in [1.82, 2.24) is 15.2 Å². The van der Waals surface area contributed by atoms with Gasteiger partial charge in [0.2, 0.25) is 0 Å². The summed E-state index contributed by atoms with van der Waals surface area (Å²) in [5.41, 5.74) is 4.43. The van der Waals surface area contributed by atoms with E-state index in [4.69, 9.17) is 4.74 Å². The van der Waals surface area contributed by atoms with E-state index in [9.17, 15) is 0 Å². The molecule has 0 spiro atoms. The van der Waals surface area contributed by atoms with Crippen molar-refractivity contribution in [3.05, 3.63) is 45.9 Å². The number of aryl methyl sites for hydroxylation is 1. The summed E-state index contributed by atoms with van der Waals surface area (Å²) >= 11 is 1.76. The van der Waals surface area contributed by atoms with Crippen LogP contribution in [0.25, 0.3) is 0 Å². The molecule has 25 heavy (non-hydrogen) atoms. The van der Waals surface area contributed by atoms with Crippen LogP contribution in [-0.4, -0.2) is 36.1 Å². The molecule has 1 aromatic heterocycles. The minimum atomic E-state index is 0. The zero-order chi connectivity index (χ0) is 16.8. The second kappa shape index (κ2) is 10.1. The van der Waals surface area contributed by atoms with E-state index in [-0.39, 0.29) is 12.4 Å². The molecule has 6 heteroatoms. The van der Waals surface area contributed by atoms with E-state index in [1.165, 1.54) is 16.9 Å². The van der Waals surface area contributed by atoms with Crippen LogP contribution >= 0.6 is 23.7 Å². The molecular formula is C19H28ClN3OS. The number of nitrogens with one attached hydrogen (secondary N) is 1.